The molecule has 1 aliphatic rings. The lowest BCUT2D eigenvalue weighted by atomic mass is 9.95. The monoisotopic (exact) mass is 263 g/mol. The van der Waals surface area contributed by atoms with Gasteiger partial charge < -0.3 is 5.32 Å². The van der Waals surface area contributed by atoms with Crippen molar-refractivity contribution in [3.8, 4) is 0 Å². The average Bonchev–Trinajstić information content (AvgIpc) is 3.05. The standard InChI is InChI=1S/C16H25NS/c1-11-8-12(2)15(13(3)9-11)14(4)17-10-16(18-5)6-7-16/h8-9,14,17H,6-7,10H2,1-5H3. The first-order chi connectivity index (χ1) is 8.47. The second-order valence-electron chi connectivity index (χ2n) is 5.80. The van der Waals surface area contributed by atoms with Gasteiger partial charge in [0, 0.05) is 17.3 Å². The predicted molar refractivity (Wildman–Crippen MR) is 82.6 cm³/mol. The van der Waals surface area contributed by atoms with Gasteiger partial charge in [-0.3, -0.25) is 0 Å². The summed E-state index contributed by atoms with van der Waals surface area (Å²) >= 11 is 2.02. The van der Waals surface area contributed by atoms with Crippen LogP contribution in [0.15, 0.2) is 12.1 Å². The summed E-state index contributed by atoms with van der Waals surface area (Å²) in [4.78, 5) is 0. The number of benzene rings is 1. The summed E-state index contributed by atoms with van der Waals surface area (Å²) < 4.78 is 0.542. The number of hydrogen-bond donors (Lipinski definition) is 1. The van der Waals surface area contributed by atoms with Gasteiger partial charge in [0.25, 0.3) is 0 Å². The van der Waals surface area contributed by atoms with Crippen LogP contribution in [0, 0.1) is 20.8 Å². The minimum Gasteiger partial charge on any atom is -0.309 e. The van der Waals surface area contributed by atoms with Gasteiger partial charge >= 0.3 is 0 Å². The molecule has 1 aromatic carbocycles. The van der Waals surface area contributed by atoms with Crippen molar-refractivity contribution in [2.45, 2.75) is 51.3 Å². The van der Waals surface area contributed by atoms with Crippen molar-refractivity contribution >= 4 is 11.8 Å². The van der Waals surface area contributed by atoms with Crippen molar-refractivity contribution < 1.29 is 0 Å². The molecular weight excluding hydrogens is 238 g/mol. The van der Waals surface area contributed by atoms with Gasteiger partial charge in [0.2, 0.25) is 0 Å². The van der Waals surface area contributed by atoms with Crippen LogP contribution in [0.1, 0.15) is 48.1 Å². The Morgan fingerprint density at radius 1 is 1.22 bits per heavy atom. The summed E-state index contributed by atoms with van der Waals surface area (Å²) in [6.45, 7) is 10.1. The fourth-order valence-electron chi connectivity index (χ4n) is 2.91. The molecule has 1 fully saturated rings. The summed E-state index contributed by atoms with van der Waals surface area (Å²) in [6, 6.07) is 5.04. The maximum atomic E-state index is 3.73. The molecule has 1 unspecified atom stereocenters. The molecule has 1 aromatic rings. The van der Waals surface area contributed by atoms with Crippen molar-refractivity contribution in [3.05, 3.63) is 34.4 Å². The first-order valence-electron chi connectivity index (χ1n) is 6.84. The molecule has 0 radical (unpaired) electrons. The van der Waals surface area contributed by atoms with E-state index in [1.807, 2.05) is 11.8 Å². The number of hydrogen-bond acceptors (Lipinski definition) is 2. The van der Waals surface area contributed by atoms with Gasteiger partial charge in [-0.2, -0.15) is 11.8 Å². The third-order valence-corrected chi connectivity index (χ3v) is 5.56. The topological polar surface area (TPSA) is 12.0 Å². The highest BCUT2D eigenvalue weighted by Gasteiger charge is 2.41. The molecule has 1 saturated carbocycles. The number of thioether (sulfide) groups is 1. The molecule has 2 heteroatoms. The molecule has 0 bridgehead atoms. The largest absolute Gasteiger partial charge is 0.309 e. The lowest BCUT2D eigenvalue weighted by Crippen LogP contribution is -2.29. The van der Waals surface area contributed by atoms with Crippen LogP contribution in [0.25, 0.3) is 0 Å². The van der Waals surface area contributed by atoms with Gasteiger partial charge in [-0.1, -0.05) is 17.7 Å². The van der Waals surface area contributed by atoms with Gasteiger partial charge in [-0.15, -0.1) is 0 Å². The lowest BCUT2D eigenvalue weighted by molar-refractivity contribution is 0.559. The number of rotatable bonds is 5. The Labute approximate surface area is 116 Å². The van der Waals surface area contributed by atoms with E-state index in [9.17, 15) is 0 Å². The first kappa shape index (κ1) is 14.0. The van der Waals surface area contributed by atoms with Gasteiger partial charge in [0.1, 0.15) is 0 Å². The molecular formula is C16H25NS. The highest BCUT2D eigenvalue weighted by Crippen LogP contribution is 2.46. The van der Waals surface area contributed by atoms with Crippen molar-refractivity contribution in [2.75, 3.05) is 12.8 Å². The normalized spacial score (nSPS) is 18.7. The Morgan fingerprint density at radius 3 is 2.22 bits per heavy atom. The van der Waals surface area contributed by atoms with Crippen LogP contribution in [-0.2, 0) is 0 Å². The van der Waals surface area contributed by atoms with Crippen LogP contribution in [0.3, 0.4) is 0 Å². The summed E-state index contributed by atoms with van der Waals surface area (Å²) in [5, 5.41) is 3.73. The van der Waals surface area contributed by atoms with E-state index in [2.05, 4.69) is 51.4 Å². The van der Waals surface area contributed by atoms with E-state index in [-0.39, 0.29) is 0 Å². The Hall–Kier alpha value is -0.470. The van der Waals surface area contributed by atoms with E-state index in [1.54, 1.807) is 0 Å². The molecule has 0 amide bonds. The lowest BCUT2D eigenvalue weighted by Gasteiger charge is -2.22. The Kier molecular flexibility index (Phi) is 4.08. The average molecular weight is 263 g/mol. The Morgan fingerprint density at radius 2 is 1.78 bits per heavy atom. The summed E-state index contributed by atoms with van der Waals surface area (Å²) in [6.07, 6.45) is 4.99. The van der Waals surface area contributed by atoms with Crippen LogP contribution >= 0.6 is 11.8 Å². The molecule has 1 atom stereocenters. The fraction of sp³-hybridized carbons (Fsp3) is 0.625. The molecule has 1 N–H and O–H groups in total. The molecule has 18 heavy (non-hydrogen) atoms. The van der Waals surface area contributed by atoms with Gasteiger partial charge in [0.05, 0.1) is 0 Å². The van der Waals surface area contributed by atoms with Crippen molar-refractivity contribution in [2.24, 2.45) is 0 Å². The molecule has 0 spiro atoms. The van der Waals surface area contributed by atoms with Crippen molar-refractivity contribution in [1.29, 1.82) is 0 Å². The molecule has 0 saturated heterocycles. The zero-order valence-electron chi connectivity index (χ0n) is 12.3. The zero-order valence-corrected chi connectivity index (χ0v) is 13.1. The van der Waals surface area contributed by atoms with E-state index < -0.39 is 0 Å². The first-order valence-corrected chi connectivity index (χ1v) is 8.06. The smallest absolute Gasteiger partial charge is 0.0297 e. The predicted octanol–water partition coefficient (Wildman–Crippen LogP) is 4.16. The quantitative estimate of drug-likeness (QED) is 0.856. The van der Waals surface area contributed by atoms with Crippen LogP contribution in [0.5, 0.6) is 0 Å². The maximum absolute atomic E-state index is 3.73. The Balaban J connectivity index is 2.07. The third kappa shape index (κ3) is 2.92. The highest BCUT2D eigenvalue weighted by molar-refractivity contribution is 8.00. The Bertz CT molecular complexity index is 412. The molecule has 0 aromatic heterocycles. The van der Waals surface area contributed by atoms with Gasteiger partial charge in [-0.05, 0) is 63.5 Å². The summed E-state index contributed by atoms with van der Waals surface area (Å²) in [7, 11) is 0. The minimum atomic E-state index is 0.454. The van der Waals surface area contributed by atoms with Crippen LogP contribution < -0.4 is 5.32 Å². The third-order valence-electron chi connectivity index (χ3n) is 4.14. The highest BCUT2D eigenvalue weighted by atomic mass is 32.2. The molecule has 2 rings (SSSR count). The number of aryl methyl sites for hydroxylation is 3. The van der Waals surface area contributed by atoms with Crippen LogP contribution in [0.4, 0.5) is 0 Å². The summed E-state index contributed by atoms with van der Waals surface area (Å²) in [5.74, 6) is 0. The van der Waals surface area contributed by atoms with Crippen molar-refractivity contribution in [1.82, 2.24) is 5.32 Å². The summed E-state index contributed by atoms with van der Waals surface area (Å²) in [5.41, 5.74) is 5.68. The van der Waals surface area contributed by atoms with E-state index in [0.29, 0.717) is 10.8 Å². The second-order valence-corrected chi connectivity index (χ2v) is 7.08. The second kappa shape index (κ2) is 5.26. The van der Waals surface area contributed by atoms with Crippen LogP contribution in [-0.4, -0.2) is 17.5 Å². The zero-order chi connectivity index (χ0) is 13.3. The van der Waals surface area contributed by atoms with E-state index in [0.717, 1.165) is 6.54 Å². The minimum absolute atomic E-state index is 0.454. The van der Waals surface area contributed by atoms with E-state index in [1.165, 1.54) is 35.1 Å². The van der Waals surface area contributed by atoms with Crippen LogP contribution in [0.2, 0.25) is 0 Å². The van der Waals surface area contributed by atoms with Gasteiger partial charge in [-0.25, -0.2) is 0 Å². The maximum Gasteiger partial charge on any atom is 0.0297 e. The van der Waals surface area contributed by atoms with Crippen molar-refractivity contribution in [3.63, 3.8) is 0 Å². The molecule has 1 nitrogen and oxygen atoms in total. The molecule has 0 aliphatic heterocycles. The van der Waals surface area contributed by atoms with Gasteiger partial charge in [0.15, 0.2) is 0 Å². The molecule has 0 heterocycles. The fourth-order valence-corrected chi connectivity index (χ4v) is 3.65. The van der Waals surface area contributed by atoms with E-state index in [4.69, 9.17) is 0 Å². The van der Waals surface area contributed by atoms with E-state index >= 15 is 0 Å². The molecule has 100 valence electrons. The molecule has 1 aliphatic carbocycles. The SMILES string of the molecule is CSC1(CNC(C)c2c(C)cc(C)cc2C)CC1. The number of nitrogens with one attached hydrogen (secondary N) is 1.